The second kappa shape index (κ2) is 7.40. The van der Waals surface area contributed by atoms with Crippen LogP contribution in [0.15, 0.2) is 30.3 Å². The number of H-pyrrole nitrogens is 1. The summed E-state index contributed by atoms with van der Waals surface area (Å²) in [6.45, 7) is 4.02. The van der Waals surface area contributed by atoms with Gasteiger partial charge in [-0.3, -0.25) is 4.79 Å². The largest absolute Gasteiger partial charge is 0.351 e. The van der Waals surface area contributed by atoms with Gasteiger partial charge >= 0.3 is 0 Å². The Labute approximate surface area is 148 Å². The fraction of sp³-hybridized carbons (Fsp3) is 0.500. The molecule has 25 heavy (non-hydrogen) atoms. The lowest BCUT2D eigenvalue weighted by Gasteiger charge is -2.31. The molecule has 0 saturated carbocycles. The van der Waals surface area contributed by atoms with E-state index >= 15 is 0 Å². The van der Waals surface area contributed by atoms with Gasteiger partial charge in [-0.25, -0.2) is 4.98 Å². The maximum absolute atomic E-state index is 12.1. The van der Waals surface area contributed by atoms with Crippen LogP contribution in [0.5, 0.6) is 0 Å². The highest BCUT2D eigenvalue weighted by Crippen LogP contribution is 2.26. The third kappa shape index (κ3) is 3.76. The van der Waals surface area contributed by atoms with Crippen LogP contribution in [0.2, 0.25) is 0 Å². The molecule has 0 spiro atoms. The second-order valence-corrected chi connectivity index (χ2v) is 7.18. The average Bonchev–Trinajstić information content (AvgIpc) is 3.01. The van der Waals surface area contributed by atoms with Crippen molar-refractivity contribution >= 4 is 5.91 Å². The third-order valence-electron chi connectivity index (χ3n) is 5.35. The molecule has 5 heteroatoms. The van der Waals surface area contributed by atoms with E-state index in [9.17, 15) is 4.79 Å². The number of rotatable bonds is 4. The summed E-state index contributed by atoms with van der Waals surface area (Å²) in [6.07, 6.45) is 5.32. The molecule has 2 aromatic rings. The molecule has 1 aromatic heterocycles. The van der Waals surface area contributed by atoms with Gasteiger partial charge < -0.3 is 15.2 Å². The van der Waals surface area contributed by atoms with Crippen molar-refractivity contribution in [2.45, 2.75) is 38.0 Å². The average molecular weight is 338 g/mol. The van der Waals surface area contributed by atoms with Crippen molar-refractivity contribution < 1.29 is 4.79 Å². The van der Waals surface area contributed by atoms with Crippen LogP contribution in [0.1, 0.15) is 52.8 Å². The topological polar surface area (TPSA) is 61.0 Å². The van der Waals surface area contributed by atoms with Gasteiger partial charge in [-0.15, -0.1) is 0 Å². The van der Waals surface area contributed by atoms with Crippen molar-refractivity contribution in [3.63, 3.8) is 0 Å². The van der Waals surface area contributed by atoms with Gasteiger partial charge in [0.05, 0.1) is 0 Å². The Hall–Kier alpha value is -2.14. The number of amides is 1. The molecular formula is C20H26N4O. The van der Waals surface area contributed by atoms with Gasteiger partial charge in [-0.1, -0.05) is 30.3 Å². The molecule has 2 aliphatic heterocycles. The third-order valence-corrected chi connectivity index (χ3v) is 5.35. The molecule has 1 amide bonds. The smallest absolute Gasteiger partial charge is 0.271 e. The Bertz CT molecular complexity index is 725. The number of hydrogen-bond acceptors (Lipinski definition) is 3. The number of carbonyl (C=O) groups is 1. The monoisotopic (exact) mass is 338 g/mol. The summed E-state index contributed by atoms with van der Waals surface area (Å²) in [5, 5.41) is 2.93. The van der Waals surface area contributed by atoms with Crippen LogP contribution < -0.4 is 5.32 Å². The molecule has 1 saturated heterocycles. The maximum Gasteiger partial charge on any atom is 0.271 e. The van der Waals surface area contributed by atoms with Crippen LogP contribution in [-0.4, -0.2) is 47.0 Å². The fourth-order valence-corrected chi connectivity index (χ4v) is 3.96. The van der Waals surface area contributed by atoms with Gasteiger partial charge in [0.1, 0.15) is 11.5 Å². The summed E-state index contributed by atoms with van der Waals surface area (Å²) in [7, 11) is 0. The Morgan fingerprint density at radius 3 is 2.96 bits per heavy atom. The molecule has 0 radical (unpaired) electrons. The summed E-state index contributed by atoms with van der Waals surface area (Å²) in [6, 6.07) is 10.7. The van der Waals surface area contributed by atoms with Crippen molar-refractivity contribution in [2.75, 3.05) is 26.2 Å². The number of aromatic nitrogens is 2. The number of piperidine rings is 1. The van der Waals surface area contributed by atoms with E-state index in [-0.39, 0.29) is 5.91 Å². The zero-order valence-corrected chi connectivity index (χ0v) is 14.6. The van der Waals surface area contributed by atoms with E-state index in [0.29, 0.717) is 11.6 Å². The van der Waals surface area contributed by atoms with Gasteiger partial charge in [-0.2, -0.15) is 0 Å². The molecule has 0 aliphatic carbocycles. The van der Waals surface area contributed by atoms with Crippen LogP contribution in [0, 0.1) is 0 Å². The molecule has 1 atom stereocenters. The Kier molecular flexibility index (Phi) is 4.83. The lowest BCUT2D eigenvalue weighted by molar-refractivity contribution is 0.0951. The Balaban J connectivity index is 1.41. The first-order chi connectivity index (χ1) is 12.3. The van der Waals surface area contributed by atoms with E-state index in [4.69, 9.17) is 0 Å². The van der Waals surface area contributed by atoms with Crippen molar-refractivity contribution in [2.24, 2.45) is 0 Å². The number of nitrogens with zero attached hydrogens (tertiary/aromatic N) is 2. The fourth-order valence-electron chi connectivity index (χ4n) is 3.96. The summed E-state index contributed by atoms with van der Waals surface area (Å²) >= 11 is 0. The van der Waals surface area contributed by atoms with Crippen molar-refractivity contribution in [3.8, 4) is 0 Å². The molecule has 1 aromatic carbocycles. The lowest BCUT2D eigenvalue weighted by Crippen LogP contribution is -2.36. The summed E-state index contributed by atoms with van der Waals surface area (Å²) in [4.78, 5) is 22.8. The molecule has 1 fully saturated rings. The highest BCUT2D eigenvalue weighted by atomic mass is 16.1. The highest BCUT2D eigenvalue weighted by molar-refractivity contribution is 5.93. The standard InChI is InChI=1S/C20H26N4O/c25-20-18-17(9-4-11-21-20)22-19(23-18)16-8-5-12-24(14-16)13-10-15-6-2-1-3-7-15/h1-3,6-7,16H,4-5,8-14H2,(H,21,25)(H,22,23)/t16-/m1/s1. The predicted molar refractivity (Wildman–Crippen MR) is 97.8 cm³/mol. The van der Waals surface area contributed by atoms with Crippen molar-refractivity contribution in [1.29, 1.82) is 0 Å². The van der Waals surface area contributed by atoms with Gasteiger partial charge in [0.25, 0.3) is 5.91 Å². The molecule has 4 rings (SSSR count). The van der Waals surface area contributed by atoms with E-state index in [1.807, 2.05) is 0 Å². The van der Waals surface area contributed by atoms with Gasteiger partial charge in [0.15, 0.2) is 0 Å². The number of imidazole rings is 1. The number of aromatic amines is 1. The molecular weight excluding hydrogens is 312 g/mol. The molecule has 5 nitrogen and oxygen atoms in total. The van der Waals surface area contributed by atoms with E-state index in [2.05, 4.69) is 50.5 Å². The first-order valence-corrected chi connectivity index (χ1v) is 9.43. The summed E-state index contributed by atoms with van der Waals surface area (Å²) < 4.78 is 0. The minimum Gasteiger partial charge on any atom is -0.351 e. The number of nitrogens with one attached hydrogen (secondary N) is 2. The maximum atomic E-state index is 12.1. The molecule has 132 valence electrons. The van der Waals surface area contributed by atoms with Crippen molar-refractivity contribution in [1.82, 2.24) is 20.2 Å². The van der Waals surface area contributed by atoms with E-state index in [1.54, 1.807) is 0 Å². The highest BCUT2D eigenvalue weighted by Gasteiger charge is 2.27. The lowest BCUT2D eigenvalue weighted by atomic mass is 9.97. The van der Waals surface area contributed by atoms with Gasteiger partial charge in [0.2, 0.25) is 0 Å². The molecule has 0 bridgehead atoms. The van der Waals surface area contributed by atoms with Crippen LogP contribution >= 0.6 is 0 Å². The predicted octanol–water partition coefficient (Wildman–Crippen LogP) is 2.51. The number of aryl methyl sites for hydroxylation is 1. The second-order valence-electron chi connectivity index (χ2n) is 7.18. The number of benzene rings is 1. The Morgan fingerprint density at radius 2 is 2.08 bits per heavy atom. The van der Waals surface area contributed by atoms with Crippen LogP contribution in [0.25, 0.3) is 0 Å². The van der Waals surface area contributed by atoms with E-state index in [1.165, 1.54) is 12.0 Å². The first-order valence-electron chi connectivity index (χ1n) is 9.43. The molecule has 3 heterocycles. The zero-order chi connectivity index (χ0) is 17.1. The first kappa shape index (κ1) is 16.3. The van der Waals surface area contributed by atoms with E-state index < -0.39 is 0 Å². The van der Waals surface area contributed by atoms with Gasteiger partial charge in [-0.05, 0) is 44.2 Å². The summed E-state index contributed by atoms with van der Waals surface area (Å²) in [5.41, 5.74) is 3.03. The number of hydrogen-bond donors (Lipinski definition) is 2. The zero-order valence-electron chi connectivity index (χ0n) is 14.6. The van der Waals surface area contributed by atoms with Crippen LogP contribution in [0.3, 0.4) is 0 Å². The molecule has 2 aliphatic rings. The van der Waals surface area contributed by atoms with Crippen LogP contribution in [0.4, 0.5) is 0 Å². The van der Waals surface area contributed by atoms with E-state index in [0.717, 1.165) is 63.4 Å². The number of carbonyl (C=O) groups excluding carboxylic acids is 1. The SMILES string of the molecule is O=C1NCCCc2[nH]c([C@@H]3CCCN(CCc4ccccc4)C3)nc21. The number of fused-ring (bicyclic) bond motifs is 1. The normalized spacial score (nSPS) is 21.4. The molecule has 2 N–H and O–H groups in total. The minimum atomic E-state index is -0.0215. The van der Waals surface area contributed by atoms with Crippen LogP contribution in [-0.2, 0) is 12.8 Å². The van der Waals surface area contributed by atoms with Gasteiger partial charge in [0, 0.05) is 31.2 Å². The quantitative estimate of drug-likeness (QED) is 0.900. The minimum absolute atomic E-state index is 0.0215. The summed E-state index contributed by atoms with van der Waals surface area (Å²) in [5.74, 6) is 1.39. The Morgan fingerprint density at radius 1 is 1.20 bits per heavy atom. The molecule has 0 unspecified atom stereocenters. The number of likely N-dealkylation sites (tertiary alicyclic amines) is 1. The van der Waals surface area contributed by atoms with Crippen molar-refractivity contribution in [3.05, 3.63) is 53.1 Å².